The second-order valence-electron chi connectivity index (χ2n) is 4.47. The number of nitrogens with zero attached hydrogens (tertiary/aromatic N) is 1. The van der Waals surface area contributed by atoms with Crippen LogP contribution in [-0.2, 0) is 6.54 Å². The van der Waals surface area contributed by atoms with Crippen LogP contribution in [0.1, 0.15) is 11.1 Å². The van der Waals surface area contributed by atoms with Crippen molar-refractivity contribution in [2.45, 2.75) is 6.54 Å². The number of hydrogen-bond donors (Lipinski definition) is 2. The fourth-order valence-electron chi connectivity index (χ4n) is 2.20. The molecule has 2 N–H and O–H groups in total. The zero-order chi connectivity index (χ0) is 13.4. The van der Waals surface area contributed by atoms with E-state index in [0.29, 0.717) is 6.54 Å². The van der Waals surface area contributed by atoms with E-state index in [1.165, 1.54) is 0 Å². The highest BCUT2D eigenvalue weighted by Gasteiger charge is 2.17. The first-order valence-corrected chi connectivity index (χ1v) is 6.68. The van der Waals surface area contributed by atoms with Crippen molar-refractivity contribution < 1.29 is 10.2 Å². The fourth-order valence-corrected chi connectivity index (χ4v) is 2.81. The maximum Gasteiger partial charge on any atom is 0.117 e. The lowest BCUT2D eigenvalue weighted by atomic mass is 10.0. The van der Waals surface area contributed by atoms with Gasteiger partial charge < -0.3 is 15.1 Å². The molecule has 0 saturated heterocycles. The number of phenols is 2. The first-order valence-electron chi connectivity index (χ1n) is 5.89. The zero-order valence-electron chi connectivity index (χ0n) is 10.0. The number of anilines is 1. The molecular formula is C15H12BrNO2. The Kier molecular flexibility index (Phi) is 2.95. The molecule has 4 heteroatoms. The van der Waals surface area contributed by atoms with E-state index in [2.05, 4.69) is 15.9 Å². The molecule has 0 bridgehead atoms. The molecule has 3 rings (SSSR count). The van der Waals surface area contributed by atoms with Crippen LogP contribution in [0.15, 0.2) is 48.7 Å². The summed E-state index contributed by atoms with van der Waals surface area (Å²) >= 11 is 3.52. The molecule has 1 heterocycles. The van der Waals surface area contributed by atoms with Gasteiger partial charge in [0, 0.05) is 29.0 Å². The van der Waals surface area contributed by atoms with Gasteiger partial charge in [-0.2, -0.15) is 0 Å². The Labute approximate surface area is 119 Å². The van der Waals surface area contributed by atoms with Crippen LogP contribution in [0.5, 0.6) is 11.5 Å². The molecule has 0 spiro atoms. The van der Waals surface area contributed by atoms with Crippen LogP contribution in [0.4, 0.5) is 5.69 Å². The van der Waals surface area contributed by atoms with Crippen LogP contribution >= 0.6 is 15.9 Å². The quantitative estimate of drug-likeness (QED) is 0.840. The van der Waals surface area contributed by atoms with Gasteiger partial charge >= 0.3 is 0 Å². The molecule has 1 aliphatic heterocycles. The van der Waals surface area contributed by atoms with Gasteiger partial charge in [-0.1, -0.05) is 12.1 Å². The summed E-state index contributed by atoms with van der Waals surface area (Å²) in [5.41, 5.74) is 3.04. The number of benzene rings is 2. The number of halogens is 1. The average Bonchev–Trinajstić information content (AvgIpc) is 2.39. The Balaban J connectivity index is 2.02. The largest absolute Gasteiger partial charge is 0.508 e. The number of aromatic hydroxyl groups is 2. The average molecular weight is 318 g/mol. The second-order valence-corrected chi connectivity index (χ2v) is 5.32. The number of phenolic OH excluding ortho intramolecular Hbond substituents is 2. The number of fused-ring (bicyclic) bond motifs is 1. The van der Waals surface area contributed by atoms with Crippen LogP contribution in [0.25, 0.3) is 4.48 Å². The van der Waals surface area contributed by atoms with Gasteiger partial charge in [0.15, 0.2) is 0 Å². The molecule has 19 heavy (non-hydrogen) atoms. The maximum atomic E-state index is 9.55. The minimum absolute atomic E-state index is 0.249. The van der Waals surface area contributed by atoms with E-state index in [4.69, 9.17) is 0 Å². The second kappa shape index (κ2) is 4.63. The third kappa shape index (κ3) is 2.31. The molecule has 2 aromatic carbocycles. The first-order chi connectivity index (χ1) is 9.13. The Morgan fingerprint density at radius 1 is 1.00 bits per heavy atom. The minimum atomic E-state index is 0.249. The van der Waals surface area contributed by atoms with Gasteiger partial charge in [-0.15, -0.1) is 0 Å². The fraction of sp³-hybridized carbons (Fsp3) is 0.0667. The molecule has 0 radical (unpaired) electrons. The Morgan fingerprint density at radius 2 is 1.79 bits per heavy atom. The summed E-state index contributed by atoms with van der Waals surface area (Å²) in [6, 6.07) is 12.5. The van der Waals surface area contributed by atoms with Crippen molar-refractivity contribution in [3.05, 3.63) is 59.8 Å². The summed E-state index contributed by atoms with van der Waals surface area (Å²) in [4.78, 5) is 2.04. The van der Waals surface area contributed by atoms with E-state index in [1.807, 2.05) is 29.3 Å². The summed E-state index contributed by atoms with van der Waals surface area (Å²) < 4.78 is 0.910. The SMILES string of the molecule is Oc1cccc(N2C=C(Br)c3cc(O)ccc3C2)c1. The van der Waals surface area contributed by atoms with Crippen LogP contribution in [-0.4, -0.2) is 10.2 Å². The highest BCUT2D eigenvalue weighted by Crippen LogP contribution is 2.35. The topological polar surface area (TPSA) is 43.7 Å². The third-order valence-corrected chi connectivity index (χ3v) is 3.75. The van der Waals surface area contributed by atoms with Crippen molar-refractivity contribution >= 4 is 26.1 Å². The molecule has 1 aliphatic rings. The molecule has 0 fully saturated rings. The predicted octanol–water partition coefficient (Wildman–Crippen LogP) is 3.81. The van der Waals surface area contributed by atoms with E-state index in [-0.39, 0.29) is 11.5 Å². The lowest BCUT2D eigenvalue weighted by Gasteiger charge is -2.27. The van der Waals surface area contributed by atoms with Gasteiger partial charge in [0.25, 0.3) is 0 Å². The van der Waals surface area contributed by atoms with Gasteiger partial charge in [0.05, 0.1) is 0 Å². The first kappa shape index (κ1) is 12.1. The number of hydrogen-bond acceptors (Lipinski definition) is 3. The molecule has 0 atom stereocenters. The van der Waals surface area contributed by atoms with E-state index < -0.39 is 0 Å². The smallest absolute Gasteiger partial charge is 0.117 e. The molecule has 3 nitrogen and oxygen atoms in total. The van der Waals surface area contributed by atoms with Crippen molar-refractivity contribution in [2.24, 2.45) is 0 Å². The van der Waals surface area contributed by atoms with Crippen molar-refractivity contribution in [3.8, 4) is 11.5 Å². The van der Waals surface area contributed by atoms with Gasteiger partial charge in [0.2, 0.25) is 0 Å². The monoisotopic (exact) mass is 317 g/mol. The zero-order valence-corrected chi connectivity index (χ0v) is 11.6. The normalized spacial score (nSPS) is 13.9. The molecule has 0 aliphatic carbocycles. The predicted molar refractivity (Wildman–Crippen MR) is 79.3 cm³/mol. The molecule has 2 aromatic rings. The van der Waals surface area contributed by atoms with Gasteiger partial charge in [0.1, 0.15) is 11.5 Å². The highest BCUT2D eigenvalue weighted by atomic mass is 79.9. The van der Waals surface area contributed by atoms with Crippen LogP contribution in [0.3, 0.4) is 0 Å². The van der Waals surface area contributed by atoms with Crippen molar-refractivity contribution in [1.29, 1.82) is 0 Å². The lowest BCUT2D eigenvalue weighted by molar-refractivity contribution is 0.475. The molecular weight excluding hydrogens is 306 g/mol. The van der Waals surface area contributed by atoms with Crippen LogP contribution < -0.4 is 4.90 Å². The van der Waals surface area contributed by atoms with Crippen molar-refractivity contribution in [3.63, 3.8) is 0 Å². The summed E-state index contributed by atoms with van der Waals surface area (Å²) in [6.07, 6.45) is 1.95. The van der Waals surface area contributed by atoms with Gasteiger partial charge in [-0.25, -0.2) is 0 Å². The summed E-state index contributed by atoms with van der Waals surface area (Å²) in [7, 11) is 0. The molecule has 96 valence electrons. The van der Waals surface area contributed by atoms with E-state index >= 15 is 0 Å². The number of rotatable bonds is 1. The van der Waals surface area contributed by atoms with Gasteiger partial charge in [-0.05, 0) is 51.3 Å². The third-order valence-electron chi connectivity index (χ3n) is 3.12. The van der Waals surface area contributed by atoms with E-state index in [9.17, 15) is 10.2 Å². The molecule has 0 aromatic heterocycles. The lowest BCUT2D eigenvalue weighted by Crippen LogP contribution is -2.19. The van der Waals surface area contributed by atoms with Crippen molar-refractivity contribution in [2.75, 3.05) is 4.90 Å². The van der Waals surface area contributed by atoms with Gasteiger partial charge in [-0.3, -0.25) is 0 Å². The molecule has 0 unspecified atom stereocenters. The van der Waals surface area contributed by atoms with Crippen LogP contribution in [0, 0.1) is 0 Å². The summed E-state index contributed by atoms with van der Waals surface area (Å²) in [5.74, 6) is 0.508. The standard InChI is InChI=1S/C15H12BrNO2/c16-15-9-17(11-2-1-3-12(18)6-11)8-10-4-5-13(19)7-14(10)15/h1-7,9,18-19H,8H2. The molecule has 0 saturated carbocycles. The Morgan fingerprint density at radius 3 is 2.58 bits per heavy atom. The van der Waals surface area contributed by atoms with Crippen molar-refractivity contribution in [1.82, 2.24) is 0 Å². The summed E-state index contributed by atoms with van der Waals surface area (Å²) in [5, 5.41) is 19.1. The Bertz CT molecular complexity index is 667. The minimum Gasteiger partial charge on any atom is -0.508 e. The van der Waals surface area contributed by atoms with E-state index in [1.54, 1.807) is 24.3 Å². The van der Waals surface area contributed by atoms with E-state index in [0.717, 1.165) is 21.3 Å². The molecule has 0 amide bonds. The maximum absolute atomic E-state index is 9.55. The highest BCUT2D eigenvalue weighted by molar-refractivity contribution is 9.15. The Hall–Kier alpha value is -1.94. The summed E-state index contributed by atoms with van der Waals surface area (Å²) in [6.45, 7) is 0.703. The van der Waals surface area contributed by atoms with Crippen LogP contribution in [0.2, 0.25) is 0 Å².